The molecule has 1 aliphatic heterocycles. The van der Waals surface area contributed by atoms with E-state index in [-0.39, 0.29) is 0 Å². The minimum absolute atomic E-state index is 1.18. The van der Waals surface area contributed by atoms with E-state index < -0.39 is 0 Å². The summed E-state index contributed by atoms with van der Waals surface area (Å²) in [5.41, 5.74) is 11.3. The predicted molar refractivity (Wildman–Crippen MR) is 179 cm³/mol. The van der Waals surface area contributed by atoms with Crippen LogP contribution in [0.1, 0.15) is 0 Å². The average molecular weight is 552 g/mol. The number of hydrogen-bond donors (Lipinski definition) is 0. The number of nitrogens with zero attached hydrogens (tertiary/aromatic N) is 1. The van der Waals surface area contributed by atoms with E-state index in [1.807, 2.05) is 11.8 Å². The highest BCUT2D eigenvalue weighted by Gasteiger charge is 2.22. The summed E-state index contributed by atoms with van der Waals surface area (Å²) < 4.78 is 2.40. The zero-order valence-electron chi connectivity index (χ0n) is 22.8. The first-order valence-corrected chi connectivity index (χ1v) is 15.2. The molecule has 0 aliphatic carbocycles. The van der Waals surface area contributed by atoms with E-state index in [1.54, 1.807) is 0 Å². The Bertz CT molecular complexity index is 2330. The highest BCUT2D eigenvalue weighted by Crippen LogP contribution is 2.50. The highest BCUT2D eigenvalue weighted by atomic mass is 32.2. The lowest BCUT2D eigenvalue weighted by molar-refractivity contribution is 1.18. The van der Waals surface area contributed by atoms with Gasteiger partial charge >= 0.3 is 0 Å². The Labute approximate surface area is 248 Å². The van der Waals surface area contributed by atoms with Gasteiger partial charge in [-0.2, -0.15) is 0 Å². The number of para-hydroxylation sites is 2. The van der Waals surface area contributed by atoms with Crippen LogP contribution in [0.15, 0.2) is 161 Å². The van der Waals surface area contributed by atoms with Crippen molar-refractivity contribution < 1.29 is 0 Å². The molecule has 0 bridgehead atoms. The van der Waals surface area contributed by atoms with E-state index >= 15 is 0 Å². The maximum absolute atomic E-state index is 2.40. The van der Waals surface area contributed by atoms with Crippen LogP contribution in [0.4, 0.5) is 0 Å². The molecule has 8 aromatic rings. The lowest BCUT2D eigenvalue weighted by Crippen LogP contribution is -1.95. The van der Waals surface area contributed by atoms with E-state index in [4.69, 9.17) is 0 Å². The topological polar surface area (TPSA) is 4.93 Å². The molecule has 0 saturated carbocycles. The zero-order chi connectivity index (χ0) is 27.6. The molecule has 0 N–H and O–H groups in total. The molecule has 196 valence electrons. The predicted octanol–water partition coefficient (Wildman–Crippen LogP) is 11.4. The van der Waals surface area contributed by atoms with Gasteiger partial charge in [-0.3, -0.25) is 0 Å². The Morgan fingerprint density at radius 3 is 1.79 bits per heavy atom. The van der Waals surface area contributed by atoms with Gasteiger partial charge in [0.1, 0.15) is 0 Å². The molecule has 1 aliphatic rings. The van der Waals surface area contributed by atoms with Gasteiger partial charge < -0.3 is 4.57 Å². The lowest BCUT2D eigenvalue weighted by atomic mass is 9.88. The molecule has 42 heavy (non-hydrogen) atoms. The molecule has 0 saturated heterocycles. The van der Waals surface area contributed by atoms with Gasteiger partial charge in [0.15, 0.2) is 0 Å². The minimum Gasteiger partial charge on any atom is -0.309 e. The molecule has 0 amide bonds. The van der Waals surface area contributed by atoms with Crippen molar-refractivity contribution in [1.29, 1.82) is 0 Å². The number of hydrogen-bond acceptors (Lipinski definition) is 1. The fourth-order valence-corrected chi connectivity index (χ4v) is 8.00. The maximum Gasteiger partial charge on any atom is 0.0547 e. The van der Waals surface area contributed by atoms with Crippen LogP contribution in [0, 0.1) is 0 Å². The molecule has 1 nitrogen and oxygen atoms in total. The summed E-state index contributed by atoms with van der Waals surface area (Å²) in [6, 6.07) is 55.4. The van der Waals surface area contributed by atoms with Crippen LogP contribution in [0.25, 0.3) is 71.6 Å². The molecule has 0 fully saturated rings. The second-order valence-electron chi connectivity index (χ2n) is 10.9. The second kappa shape index (κ2) is 9.24. The smallest absolute Gasteiger partial charge is 0.0547 e. The third-order valence-electron chi connectivity index (χ3n) is 8.62. The highest BCUT2D eigenvalue weighted by molar-refractivity contribution is 7.99. The van der Waals surface area contributed by atoms with E-state index in [2.05, 4.69) is 156 Å². The number of rotatable bonds is 3. The van der Waals surface area contributed by atoms with Crippen LogP contribution >= 0.6 is 11.8 Å². The van der Waals surface area contributed by atoms with Crippen molar-refractivity contribution in [3.8, 4) is 39.1 Å². The van der Waals surface area contributed by atoms with Crippen molar-refractivity contribution in [2.45, 2.75) is 9.79 Å². The molecule has 0 unspecified atom stereocenters. The van der Waals surface area contributed by atoms with Crippen molar-refractivity contribution in [3.05, 3.63) is 152 Å². The quantitative estimate of drug-likeness (QED) is 0.211. The van der Waals surface area contributed by atoms with Crippen LogP contribution in [-0.2, 0) is 0 Å². The number of benzene rings is 7. The van der Waals surface area contributed by atoms with Gasteiger partial charge in [0.25, 0.3) is 0 Å². The van der Waals surface area contributed by atoms with E-state index in [1.165, 1.54) is 81.4 Å². The van der Waals surface area contributed by atoms with Crippen LogP contribution in [0.3, 0.4) is 0 Å². The molecule has 7 aromatic carbocycles. The molecule has 0 spiro atoms. The summed E-state index contributed by atoms with van der Waals surface area (Å²) in [4.78, 5) is 2.65. The fourth-order valence-electron chi connectivity index (χ4n) is 6.87. The maximum atomic E-state index is 2.40. The minimum atomic E-state index is 1.18. The Kier molecular flexibility index (Phi) is 5.20. The number of aromatic nitrogens is 1. The summed E-state index contributed by atoms with van der Waals surface area (Å²) in [6.07, 6.45) is 0. The van der Waals surface area contributed by atoms with Crippen LogP contribution in [0.5, 0.6) is 0 Å². The summed E-state index contributed by atoms with van der Waals surface area (Å²) in [5, 5.41) is 5.22. The van der Waals surface area contributed by atoms with E-state index in [9.17, 15) is 0 Å². The Balaban J connectivity index is 1.33. The summed E-state index contributed by atoms with van der Waals surface area (Å²) >= 11 is 1.88. The van der Waals surface area contributed by atoms with Crippen LogP contribution in [-0.4, -0.2) is 4.57 Å². The zero-order valence-corrected chi connectivity index (χ0v) is 23.6. The molecular formula is C40H25NS. The van der Waals surface area contributed by atoms with Crippen molar-refractivity contribution in [2.24, 2.45) is 0 Å². The van der Waals surface area contributed by atoms with Crippen molar-refractivity contribution in [1.82, 2.24) is 4.57 Å². The first-order valence-electron chi connectivity index (χ1n) is 14.4. The Morgan fingerprint density at radius 1 is 0.333 bits per heavy atom. The summed E-state index contributed by atoms with van der Waals surface area (Å²) in [7, 11) is 0. The van der Waals surface area contributed by atoms with Gasteiger partial charge in [0.2, 0.25) is 0 Å². The van der Waals surface area contributed by atoms with E-state index in [0.29, 0.717) is 0 Å². The van der Waals surface area contributed by atoms with Crippen LogP contribution in [0.2, 0.25) is 0 Å². The fraction of sp³-hybridized carbons (Fsp3) is 0. The van der Waals surface area contributed by atoms with Gasteiger partial charge in [-0.15, -0.1) is 0 Å². The third-order valence-corrected chi connectivity index (χ3v) is 9.76. The molecule has 0 radical (unpaired) electrons. The molecule has 1 aromatic heterocycles. The standard InChI is InChI=1S/C40H25NS/c1-2-12-26(13-3-1)41-35-21-8-6-17-34(35)39-31(20-11-22-36(39)41)28-15-5-4-14-27(28)29-24-25-38-40-32(29)18-10-19-33(40)30-16-7-9-23-37(30)42-38/h1-25H. The third kappa shape index (κ3) is 3.39. The van der Waals surface area contributed by atoms with Gasteiger partial charge in [-0.1, -0.05) is 127 Å². The SMILES string of the molecule is c1ccc(-n2c3ccccc3c3c(-c4ccccc4-c4ccc5c6c(cccc46)-c4ccccc4S5)cccc32)cc1. The van der Waals surface area contributed by atoms with Crippen molar-refractivity contribution >= 4 is 44.3 Å². The molecule has 0 atom stereocenters. The van der Waals surface area contributed by atoms with Gasteiger partial charge in [-0.05, 0) is 75.2 Å². The van der Waals surface area contributed by atoms with Gasteiger partial charge in [-0.25, -0.2) is 0 Å². The molecule has 9 rings (SSSR count). The van der Waals surface area contributed by atoms with Crippen molar-refractivity contribution in [3.63, 3.8) is 0 Å². The summed E-state index contributed by atoms with van der Waals surface area (Å²) in [5.74, 6) is 0. The molecule has 2 heteroatoms. The first kappa shape index (κ1) is 23.6. The lowest BCUT2D eigenvalue weighted by Gasteiger charge is -2.22. The Morgan fingerprint density at radius 2 is 0.929 bits per heavy atom. The molecule has 2 heterocycles. The summed E-state index contributed by atoms with van der Waals surface area (Å²) in [6.45, 7) is 0. The van der Waals surface area contributed by atoms with E-state index in [0.717, 1.165) is 0 Å². The molecular weight excluding hydrogens is 527 g/mol. The normalized spacial score (nSPS) is 12.2. The van der Waals surface area contributed by atoms with Gasteiger partial charge in [0.05, 0.1) is 11.0 Å². The Hall–Kier alpha value is -5.05. The van der Waals surface area contributed by atoms with Crippen molar-refractivity contribution in [2.75, 3.05) is 0 Å². The monoisotopic (exact) mass is 551 g/mol. The first-order chi connectivity index (χ1) is 20.9. The van der Waals surface area contributed by atoms with Gasteiger partial charge in [0, 0.05) is 31.6 Å². The number of fused-ring (bicyclic) bond motifs is 5. The largest absolute Gasteiger partial charge is 0.309 e. The van der Waals surface area contributed by atoms with Crippen LogP contribution < -0.4 is 0 Å². The second-order valence-corrected chi connectivity index (χ2v) is 12.0. The average Bonchev–Trinajstić information content (AvgIpc) is 3.40.